The molecule has 1 aliphatic rings. The van der Waals surface area contributed by atoms with Gasteiger partial charge in [-0.3, -0.25) is 9.59 Å². The maximum atomic E-state index is 12.4. The summed E-state index contributed by atoms with van der Waals surface area (Å²) >= 11 is 5.96. The Morgan fingerprint density at radius 2 is 2.22 bits per heavy atom. The third kappa shape index (κ3) is 4.48. The minimum absolute atomic E-state index is 0.0892. The molecular formula is C16H24ClN3O3. The van der Waals surface area contributed by atoms with Crippen LogP contribution in [-0.4, -0.2) is 59.5 Å². The Morgan fingerprint density at radius 3 is 2.83 bits per heavy atom. The van der Waals surface area contributed by atoms with Gasteiger partial charge in [0.1, 0.15) is 6.10 Å². The molecule has 0 bridgehead atoms. The molecule has 0 spiro atoms. The quantitative estimate of drug-likeness (QED) is 0.818. The molecule has 1 fully saturated rings. The number of likely N-dealkylation sites (tertiary alicyclic amines) is 1. The monoisotopic (exact) mass is 341 g/mol. The number of carbonyl (C=O) groups is 2. The Kier molecular flexibility index (Phi) is 6.07. The number of methoxy groups -OCH3 is 1. The SMILES string of the molecule is COC1CCCCN(CC(=O)N(C)Cc2cc(Cl)cn2C)C1=O. The van der Waals surface area contributed by atoms with Crippen molar-refractivity contribution >= 4 is 23.4 Å². The van der Waals surface area contributed by atoms with Gasteiger partial charge in [0.15, 0.2) is 0 Å². The van der Waals surface area contributed by atoms with Gasteiger partial charge >= 0.3 is 0 Å². The van der Waals surface area contributed by atoms with Crippen molar-refractivity contribution in [3.05, 3.63) is 23.0 Å². The van der Waals surface area contributed by atoms with Crippen LogP contribution in [-0.2, 0) is 27.9 Å². The summed E-state index contributed by atoms with van der Waals surface area (Å²) in [4.78, 5) is 28.0. The van der Waals surface area contributed by atoms with Crippen molar-refractivity contribution in [2.75, 3.05) is 27.2 Å². The van der Waals surface area contributed by atoms with Crippen LogP contribution in [0.3, 0.4) is 0 Å². The van der Waals surface area contributed by atoms with Crippen LogP contribution in [0, 0.1) is 0 Å². The first kappa shape index (κ1) is 17.8. The van der Waals surface area contributed by atoms with Crippen molar-refractivity contribution in [1.82, 2.24) is 14.4 Å². The van der Waals surface area contributed by atoms with Gasteiger partial charge in [-0.25, -0.2) is 0 Å². The average Bonchev–Trinajstić information content (AvgIpc) is 2.71. The first-order valence-electron chi connectivity index (χ1n) is 7.78. The Hall–Kier alpha value is -1.53. The average molecular weight is 342 g/mol. The van der Waals surface area contributed by atoms with Crippen molar-refractivity contribution < 1.29 is 14.3 Å². The summed E-state index contributed by atoms with van der Waals surface area (Å²) < 4.78 is 7.13. The fourth-order valence-corrected chi connectivity index (χ4v) is 3.06. The molecule has 0 saturated carbocycles. The molecule has 2 amide bonds. The summed E-state index contributed by atoms with van der Waals surface area (Å²) in [6.07, 6.45) is 3.93. The van der Waals surface area contributed by atoms with E-state index in [9.17, 15) is 9.59 Å². The normalized spacial score (nSPS) is 18.9. The van der Waals surface area contributed by atoms with E-state index < -0.39 is 6.10 Å². The van der Waals surface area contributed by atoms with Crippen molar-refractivity contribution in [3.8, 4) is 0 Å². The summed E-state index contributed by atoms with van der Waals surface area (Å²) in [6, 6.07) is 1.84. The Balaban J connectivity index is 1.96. The van der Waals surface area contributed by atoms with Crippen molar-refractivity contribution in [1.29, 1.82) is 0 Å². The lowest BCUT2D eigenvalue weighted by Crippen LogP contribution is -2.45. The highest BCUT2D eigenvalue weighted by atomic mass is 35.5. The highest BCUT2D eigenvalue weighted by molar-refractivity contribution is 6.30. The highest BCUT2D eigenvalue weighted by Crippen LogP contribution is 2.16. The van der Waals surface area contributed by atoms with Gasteiger partial charge in [-0.2, -0.15) is 0 Å². The van der Waals surface area contributed by atoms with Crippen molar-refractivity contribution in [2.24, 2.45) is 7.05 Å². The van der Waals surface area contributed by atoms with Gasteiger partial charge in [0, 0.05) is 39.6 Å². The van der Waals surface area contributed by atoms with E-state index in [-0.39, 0.29) is 18.4 Å². The van der Waals surface area contributed by atoms with E-state index in [1.54, 1.807) is 30.2 Å². The largest absolute Gasteiger partial charge is 0.372 e. The molecule has 0 aromatic carbocycles. The lowest BCUT2D eigenvalue weighted by atomic mass is 10.2. The first-order chi connectivity index (χ1) is 10.9. The zero-order valence-corrected chi connectivity index (χ0v) is 14.7. The number of halogens is 1. The van der Waals surface area contributed by atoms with Crippen molar-refractivity contribution in [3.63, 3.8) is 0 Å². The van der Waals surface area contributed by atoms with Gasteiger partial charge in [0.05, 0.1) is 18.1 Å². The maximum absolute atomic E-state index is 12.4. The van der Waals surface area contributed by atoms with Crippen LogP contribution in [0.25, 0.3) is 0 Å². The third-order valence-electron chi connectivity index (χ3n) is 4.24. The molecule has 1 saturated heterocycles. The lowest BCUT2D eigenvalue weighted by Gasteiger charge is -2.26. The molecule has 2 heterocycles. The van der Waals surface area contributed by atoms with Crippen LogP contribution in [0.5, 0.6) is 0 Å². The number of rotatable bonds is 5. The van der Waals surface area contributed by atoms with Gasteiger partial charge in [-0.1, -0.05) is 11.6 Å². The van der Waals surface area contributed by atoms with E-state index in [4.69, 9.17) is 16.3 Å². The summed E-state index contributed by atoms with van der Waals surface area (Å²) in [5.41, 5.74) is 0.947. The van der Waals surface area contributed by atoms with Gasteiger partial charge in [0.25, 0.3) is 5.91 Å². The van der Waals surface area contributed by atoms with Crippen molar-refractivity contribution in [2.45, 2.75) is 31.9 Å². The number of amides is 2. The minimum atomic E-state index is -0.428. The summed E-state index contributed by atoms with van der Waals surface area (Å²) in [7, 11) is 5.17. The number of likely N-dealkylation sites (N-methyl/N-ethyl adjacent to an activating group) is 1. The smallest absolute Gasteiger partial charge is 0.252 e. The van der Waals surface area contributed by atoms with Crippen LogP contribution >= 0.6 is 11.6 Å². The molecule has 1 unspecified atom stereocenters. The van der Waals surface area contributed by atoms with E-state index in [0.29, 0.717) is 18.1 Å². The van der Waals surface area contributed by atoms with E-state index >= 15 is 0 Å². The topological polar surface area (TPSA) is 54.8 Å². The van der Waals surface area contributed by atoms with E-state index in [0.717, 1.165) is 25.0 Å². The summed E-state index contributed by atoms with van der Waals surface area (Å²) in [6.45, 7) is 1.15. The van der Waals surface area contributed by atoms with Crippen LogP contribution in [0.1, 0.15) is 25.0 Å². The Morgan fingerprint density at radius 1 is 1.48 bits per heavy atom. The third-order valence-corrected chi connectivity index (χ3v) is 4.45. The van der Waals surface area contributed by atoms with Gasteiger partial charge in [-0.05, 0) is 25.3 Å². The molecular weight excluding hydrogens is 318 g/mol. The number of hydrogen-bond donors (Lipinski definition) is 0. The Labute approximate surface area is 141 Å². The zero-order valence-electron chi connectivity index (χ0n) is 13.9. The second-order valence-corrected chi connectivity index (χ2v) is 6.43. The number of ether oxygens (including phenoxy) is 1. The van der Waals surface area contributed by atoms with Gasteiger partial charge in [-0.15, -0.1) is 0 Å². The molecule has 1 atom stereocenters. The van der Waals surface area contributed by atoms with Gasteiger partial charge < -0.3 is 19.1 Å². The lowest BCUT2D eigenvalue weighted by molar-refractivity contribution is -0.146. The fraction of sp³-hybridized carbons (Fsp3) is 0.625. The second-order valence-electron chi connectivity index (χ2n) is 5.99. The summed E-state index contributed by atoms with van der Waals surface area (Å²) in [5.74, 6) is -0.180. The summed E-state index contributed by atoms with van der Waals surface area (Å²) in [5, 5.41) is 0.647. The standard InChI is InChI=1S/C16H24ClN3O3/c1-18-9-12(17)8-13(18)10-19(2)15(21)11-20-7-5-4-6-14(23-3)16(20)22/h8-9,14H,4-7,10-11H2,1-3H3. The predicted octanol–water partition coefficient (Wildman–Crippen LogP) is 1.66. The van der Waals surface area contributed by atoms with Crippen LogP contribution in [0.2, 0.25) is 5.02 Å². The Bertz CT molecular complexity index is 573. The number of hydrogen-bond acceptors (Lipinski definition) is 3. The molecule has 23 heavy (non-hydrogen) atoms. The van der Waals surface area contributed by atoms with E-state index in [2.05, 4.69) is 0 Å². The predicted molar refractivity (Wildman–Crippen MR) is 88.1 cm³/mol. The molecule has 1 aromatic rings. The molecule has 2 rings (SSSR count). The molecule has 0 N–H and O–H groups in total. The van der Waals surface area contributed by atoms with Crippen LogP contribution < -0.4 is 0 Å². The van der Waals surface area contributed by atoms with E-state index in [1.165, 1.54) is 0 Å². The molecule has 0 radical (unpaired) electrons. The van der Waals surface area contributed by atoms with Crippen LogP contribution in [0.4, 0.5) is 0 Å². The number of aromatic nitrogens is 1. The first-order valence-corrected chi connectivity index (χ1v) is 8.16. The number of carbonyl (C=O) groups excluding carboxylic acids is 2. The molecule has 0 aliphatic carbocycles. The molecule has 1 aliphatic heterocycles. The maximum Gasteiger partial charge on any atom is 0.252 e. The van der Waals surface area contributed by atoms with Crippen LogP contribution in [0.15, 0.2) is 12.3 Å². The fourth-order valence-electron chi connectivity index (χ4n) is 2.78. The molecule has 1 aromatic heterocycles. The second kappa shape index (κ2) is 7.84. The highest BCUT2D eigenvalue weighted by Gasteiger charge is 2.28. The molecule has 7 heteroatoms. The molecule has 6 nitrogen and oxygen atoms in total. The van der Waals surface area contributed by atoms with Gasteiger partial charge in [0.2, 0.25) is 5.91 Å². The zero-order chi connectivity index (χ0) is 17.0. The number of nitrogens with zero attached hydrogens (tertiary/aromatic N) is 3. The minimum Gasteiger partial charge on any atom is -0.372 e. The number of aryl methyl sites for hydroxylation is 1. The molecule has 128 valence electrons. The van der Waals surface area contributed by atoms with E-state index in [1.807, 2.05) is 17.7 Å².